The molecule has 2 N–H and O–H groups in total. The molecule has 0 aliphatic rings. The second kappa shape index (κ2) is 8.15. The third-order valence-electron chi connectivity index (χ3n) is 2.61. The van der Waals surface area contributed by atoms with E-state index >= 15 is 0 Å². The molecule has 0 aromatic carbocycles. The van der Waals surface area contributed by atoms with Crippen molar-refractivity contribution >= 4 is 17.4 Å². The summed E-state index contributed by atoms with van der Waals surface area (Å²) < 4.78 is 0. The van der Waals surface area contributed by atoms with Gasteiger partial charge in [-0.25, -0.2) is 4.98 Å². The van der Waals surface area contributed by atoms with Gasteiger partial charge in [0.1, 0.15) is 5.82 Å². The first-order chi connectivity index (χ1) is 9.08. The molecular formula is C14H22ClN3O. The summed E-state index contributed by atoms with van der Waals surface area (Å²) in [5.74, 6) is 0.684. The largest absolute Gasteiger partial charge is 0.395 e. The van der Waals surface area contributed by atoms with Gasteiger partial charge in [-0.3, -0.25) is 0 Å². The molecule has 1 rings (SSSR count). The number of nitrogens with zero attached hydrogens (tertiary/aromatic N) is 2. The molecule has 106 valence electrons. The Hall–Kier alpha value is -1.10. The molecule has 19 heavy (non-hydrogen) atoms. The van der Waals surface area contributed by atoms with E-state index in [0.717, 1.165) is 12.1 Å². The van der Waals surface area contributed by atoms with Gasteiger partial charge in [0.25, 0.3) is 0 Å². The summed E-state index contributed by atoms with van der Waals surface area (Å²) in [5, 5.41) is 13.0. The lowest BCUT2D eigenvalue weighted by Gasteiger charge is -2.22. The summed E-state index contributed by atoms with van der Waals surface area (Å²) in [6.45, 7) is 9.78. The van der Waals surface area contributed by atoms with E-state index < -0.39 is 0 Å². The Kier molecular flexibility index (Phi) is 6.84. The van der Waals surface area contributed by atoms with Gasteiger partial charge in [-0.15, -0.1) is 6.58 Å². The molecule has 5 heteroatoms. The van der Waals surface area contributed by atoms with Gasteiger partial charge in [-0.05, 0) is 11.6 Å². The smallest absolute Gasteiger partial charge is 0.147 e. The van der Waals surface area contributed by atoms with Crippen LogP contribution in [0.4, 0.5) is 5.82 Å². The number of aliphatic hydroxyl groups excluding tert-OH is 1. The van der Waals surface area contributed by atoms with Crippen molar-refractivity contribution in [3.63, 3.8) is 0 Å². The highest BCUT2D eigenvalue weighted by Gasteiger charge is 2.11. The third kappa shape index (κ3) is 5.19. The maximum atomic E-state index is 9.06. The molecule has 0 atom stereocenters. The van der Waals surface area contributed by atoms with Crippen LogP contribution in [0, 0.1) is 0 Å². The fourth-order valence-corrected chi connectivity index (χ4v) is 1.99. The van der Waals surface area contributed by atoms with Crippen LogP contribution in [0.1, 0.15) is 19.4 Å². The van der Waals surface area contributed by atoms with Gasteiger partial charge in [0.05, 0.1) is 11.6 Å². The first-order valence-corrected chi connectivity index (χ1v) is 6.80. The van der Waals surface area contributed by atoms with Crippen molar-refractivity contribution in [2.24, 2.45) is 0 Å². The number of rotatable bonds is 8. The van der Waals surface area contributed by atoms with Gasteiger partial charge in [0, 0.05) is 31.9 Å². The number of aromatic nitrogens is 1. The van der Waals surface area contributed by atoms with Gasteiger partial charge in [-0.1, -0.05) is 31.5 Å². The molecule has 4 nitrogen and oxygen atoms in total. The van der Waals surface area contributed by atoms with E-state index in [0.29, 0.717) is 30.0 Å². The summed E-state index contributed by atoms with van der Waals surface area (Å²) in [6, 6.07) is 2.33. The van der Waals surface area contributed by atoms with E-state index in [1.807, 2.05) is 17.2 Å². The average molecular weight is 284 g/mol. The molecule has 0 fully saturated rings. The molecular weight excluding hydrogens is 262 g/mol. The third-order valence-corrected chi connectivity index (χ3v) is 2.89. The topological polar surface area (TPSA) is 48.4 Å². The second-order valence-corrected chi connectivity index (χ2v) is 5.05. The van der Waals surface area contributed by atoms with Crippen LogP contribution in [-0.4, -0.2) is 35.8 Å². The lowest BCUT2D eigenvalue weighted by atomic mass is 10.2. The lowest BCUT2D eigenvalue weighted by molar-refractivity contribution is 0.302. The number of hydrogen-bond acceptors (Lipinski definition) is 4. The fraction of sp³-hybridized carbons (Fsp3) is 0.500. The van der Waals surface area contributed by atoms with Crippen LogP contribution in [0.15, 0.2) is 24.9 Å². The zero-order valence-electron chi connectivity index (χ0n) is 11.6. The van der Waals surface area contributed by atoms with Gasteiger partial charge in [0.15, 0.2) is 0 Å². The number of anilines is 1. The molecule has 0 spiro atoms. The predicted molar refractivity (Wildman–Crippen MR) is 80.7 cm³/mol. The van der Waals surface area contributed by atoms with Crippen LogP contribution < -0.4 is 10.2 Å². The minimum absolute atomic E-state index is 0.0580. The highest BCUT2D eigenvalue weighted by atomic mass is 35.5. The molecule has 0 radical (unpaired) electrons. The number of pyridine rings is 1. The fourth-order valence-electron chi connectivity index (χ4n) is 1.68. The molecule has 1 heterocycles. The summed E-state index contributed by atoms with van der Waals surface area (Å²) in [5.41, 5.74) is 1.05. The van der Waals surface area contributed by atoms with E-state index in [1.54, 1.807) is 6.08 Å². The van der Waals surface area contributed by atoms with Gasteiger partial charge in [0.2, 0.25) is 0 Å². The van der Waals surface area contributed by atoms with Crippen LogP contribution in [-0.2, 0) is 6.54 Å². The normalized spacial score (nSPS) is 10.8. The zero-order chi connectivity index (χ0) is 14.3. The van der Waals surface area contributed by atoms with Crippen LogP contribution in [0.3, 0.4) is 0 Å². The van der Waals surface area contributed by atoms with Crippen LogP contribution in [0.2, 0.25) is 5.02 Å². The molecule has 0 amide bonds. The number of aliphatic hydroxyl groups is 1. The average Bonchev–Trinajstić information content (AvgIpc) is 2.36. The summed E-state index contributed by atoms with van der Waals surface area (Å²) >= 11 is 6.26. The molecule has 1 aromatic rings. The van der Waals surface area contributed by atoms with Gasteiger partial charge in [-0.2, -0.15) is 0 Å². The first kappa shape index (κ1) is 16.0. The van der Waals surface area contributed by atoms with Crippen LogP contribution in [0.25, 0.3) is 0 Å². The SMILES string of the molecule is C=CCN(CCO)c1ncc(CNC(C)C)cc1Cl. The molecule has 0 saturated heterocycles. The minimum Gasteiger partial charge on any atom is -0.395 e. The molecule has 0 aliphatic heterocycles. The monoisotopic (exact) mass is 283 g/mol. The first-order valence-electron chi connectivity index (χ1n) is 6.43. The van der Waals surface area contributed by atoms with Crippen molar-refractivity contribution in [2.75, 3.05) is 24.6 Å². The minimum atomic E-state index is 0.0580. The summed E-state index contributed by atoms with van der Waals surface area (Å²) in [6.07, 6.45) is 3.58. The maximum Gasteiger partial charge on any atom is 0.147 e. The second-order valence-electron chi connectivity index (χ2n) is 4.64. The quantitative estimate of drug-likeness (QED) is 0.718. The Balaban J connectivity index is 2.82. The highest BCUT2D eigenvalue weighted by Crippen LogP contribution is 2.24. The van der Waals surface area contributed by atoms with Crippen molar-refractivity contribution in [3.8, 4) is 0 Å². The predicted octanol–water partition coefficient (Wildman–Crippen LogP) is 2.22. The molecule has 0 aliphatic carbocycles. The van der Waals surface area contributed by atoms with Crippen molar-refractivity contribution in [3.05, 3.63) is 35.5 Å². The van der Waals surface area contributed by atoms with E-state index in [4.69, 9.17) is 16.7 Å². The van der Waals surface area contributed by atoms with Crippen LogP contribution in [0.5, 0.6) is 0 Å². The number of hydrogen-bond donors (Lipinski definition) is 2. The molecule has 0 bridgehead atoms. The standard InChI is InChI=1S/C14H22ClN3O/c1-4-5-18(6-7-19)14-13(15)8-12(10-17-14)9-16-11(2)3/h4,8,10-11,16,19H,1,5-7,9H2,2-3H3. The molecule has 0 saturated carbocycles. The summed E-state index contributed by atoms with van der Waals surface area (Å²) in [4.78, 5) is 6.29. The number of nitrogens with one attached hydrogen (secondary N) is 1. The van der Waals surface area contributed by atoms with E-state index in [-0.39, 0.29) is 6.61 Å². The highest BCUT2D eigenvalue weighted by molar-refractivity contribution is 6.33. The van der Waals surface area contributed by atoms with Gasteiger partial charge >= 0.3 is 0 Å². The Morgan fingerprint density at radius 3 is 2.84 bits per heavy atom. The van der Waals surface area contributed by atoms with Crippen LogP contribution >= 0.6 is 11.6 Å². The maximum absolute atomic E-state index is 9.06. The number of halogens is 1. The van der Waals surface area contributed by atoms with Crippen molar-refractivity contribution in [2.45, 2.75) is 26.4 Å². The lowest BCUT2D eigenvalue weighted by Crippen LogP contribution is -2.28. The van der Waals surface area contributed by atoms with Crippen molar-refractivity contribution in [1.82, 2.24) is 10.3 Å². The van der Waals surface area contributed by atoms with Gasteiger partial charge < -0.3 is 15.3 Å². The van der Waals surface area contributed by atoms with E-state index in [2.05, 4.69) is 30.7 Å². The van der Waals surface area contributed by atoms with E-state index in [9.17, 15) is 0 Å². The van der Waals surface area contributed by atoms with Crippen molar-refractivity contribution in [1.29, 1.82) is 0 Å². The molecule has 1 aromatic heterocycles. The Morgan fingerprint density at radius 2 is 2.32 bits per heavy atom. The zero-order valence-corrected chi connectivity index (χ0v) is 12.3. The summed E-state index contributed by atoms with van der Waals surface area (Å²) in [7, 11) is 0. The Bertz CT molecular complexity index is 410. The Morgan fingerprint density at radius 1 is 1.58 bits per heavy atom. The molecule has 0 unspecified atom stereocenters. The van der Waals surface area contributed by atoms with Crippen molar-refractivity contribution < 1.29 is 5.11 Å². The Labute approximate surface area is 120 Å². The van der Waals surface area contributed by atoms with E-state index in [1.165, 1.54) is 0 Å².